The minimum Gasteiger partial charge on any atom is -0.355 e. The summed E-state index contributed by atoms with van der Waals surface area (Å²) in [5.74, 6) is 0.977. The van der Waals surface area contributed by atoms with Gasteiger partial charge < -0.3 is 10.2 Å². The van der Waals surface area contributed by atoms with Crippen molar-refractivity contribution in [3.05, 3.63) is 30.1 Å². The zero-order chi connectivity index (χ0) is 16.6. The fourth-order valence-electron chi connectivity index (χ4n) is 3.31. The van der Waals surface area contributed by atoms with E-state index in [1.165, 1.54) is 18.4 Å². The molecule has 1 aromatic heterocycles. The molecule has 3 rings (SSSR count). The summed E-state index contributed by atoms with van der Waals surface area (Å²) in [6.45, 7) is 5.48. The molecule has 2 heterocycles. The molecule has 0 unspecified atom stereocenters. The molecule has 1 fully saturated rings. The first-order valence-corrected chi connectivity index (χ1v) is 9.00. The fraction of sp³-hybridized carbons (Fsp3) is 0.611. The van der Waals surface area contributed by atoms with Crippen LogP contribution in [0, 0.1) is 0 Å². The topological polar surface area (TPSA) is 61.4 Å². The van der Waals surface area contributed by atoms with Crippen LogP contribution in [-0.4, -0.2) is 60.0 Å². The number of anilines is 1. The van der Waals surface area contributed by atoms with Gasteiger partial charge in [-0.25, -0.2) is 9.97 Å². The highest BCUT2D eigenvalue weighted by molar-refractivity contribution is 5.78. The second-order valence-electron chi connectivity index (χ2n) is 6.51. The third-order valence-electron chi connectivity index (χ3n) is 4.73. The zero-order valence-corrected chi connectivity index (χ0v) is 14.3. The van der Waals surface area contributed by atoms with Crippen LogP contribution < -0.4 is 10.2 Å². The van der Waals surface area contributed by atoms with Crippen molar-refractivity contribution in [3.63, 3.8) is 0 Å². The molecule has 2 aliphatic rings. The third kappa shape index (κ3) is 5.03. The van der Waals surface area contributed by atoms with Crippen LogP contribution in [0.3, 0.4) is 0 Å². The molecule has 1 amide bonds. The molecule has 0 spiro atoms. The van der Waals surface area contributed by atoms with E-state index in [-0.39, 0.29) is 5.91 Å². The van der Waals surface area contributed by atoms with Crippen LogP contribution in [0.1, 0.15) is 32.1 Å². The molecule has 24 heavy (non-hydrogen) atoms. The summed E-state index contributed by atoms with van der Waals surface area (Å²) in [6.07, 6.45) is 11.1. The van der Waals surface area contributed by atoms with Crippen LogP contribution in [0.2, 0.25) is 0 Å². The van der Waals surface area contributed by atoms with Gasteiger partial charge in [-0.15, -0.1) is 0 Å². The summed E-state index contributed by atoms with van der Waals surface area (Å²) in [4.78, 5) is 25.2. The highest BCUT2D eigenvalue weighted by Gasteiger charge is 2.18. The summed E-state index contributed by atoms with van der Waals surface area (Å²) in [6, 6.07) is 1.84. The van der Waals surface area contributed by atoms with Crippen molar-refractivity contribution in [1.29, 1.82) is 0 Å². The van der Waals surface area contributed by atoms with Crippen molar-refractivity contribution in [2.75, 3.05) is 44.2 Å². The third-order valence-corrected chi connectivity index (χ3v) is 4.73. The van der Waals surface area contributed by atoms with Gasteiger partial charge in [-0.3, -0.25) is 9.69 Å². The Hall–Kier alpha value is -1.95. The molecule has 1 aliphatic carbocycles. The lowest BCUT2D eigenvalue weighted by atomic mass is 9.97. The Balaban J connectivity index is 1.32. The van der Waals surface area contributed by atoms with E-state index in [2.05, 4.69) is 31.2 Å². The molecule has 1 aliphatic heterocycles. The van der Waals surface area contributed by atoms with E-state index in [1.807, 2.05) is 6.07 Å². The molecule has 6 heteroatoms. The molecule has 6 nitrogen and oxygen atoms in total. The van der Waals surface area contributed by atoms with Crippen molar-refractivity contribution in [2.45, 2.75) is 32.1 Å². The number of amides is 1. The van der Waals surface area contributed by atoms with Crippen LogP contribution in [0.4, 0.5) is 5.95 Å². The minimum absolute atomic E-state index is 0.166. The number of nitrogens with zero attached hydrogens (tertiary/aromatic N) is 4. The van der Waals surface area contributed by atoms with Crippen LogP contribution in [0.15, 0.2) is 30.1 Å². The van der Waals surface area contributed by atoms with Crippen molar-refractivity contribution in [1.82, 2.24) is 20.2 Å². The Kier molecular flexibility index (Phi) is 6.18. The highest BCUT2D eigenvalue weighted by atomic mass is 16.1. The number of hydrogen-bond acceptors (Lipinski definition) is 5. The summed E-state index contributed by atoms with van der Waals surface area (Å²) in [5, 5.41) is 3.06. The zero-order valence-electron chi connectivity index (χ0n) is 14.3. The lowest BCUT2D eigenvalue weighted by molar-refractivity contribution is -0.120. The Morgan fingerprint density at radius 2 is 1.92 bits per heavy atom. The number of piperazine rings is 1. The van der Waals surface area contributed by atoms with Gasteiger partial charge >= 0.3 is 0 Å². The molecule has 130 valence electrons. The average Bonchev–Trinajstić information content (AvgIpc) is 2.64. The number of rotatable bonds is 6. The first kappa shape index (κ1) is 16.9. The highest BCUT2D eigenvalue weighted by Crippen LogP contribution is 2.19. The molecule has 0 atom stereocenters. The predicted molar refractivity (Wildman–Crippen MR) is 94.9 cm³/mol. The van der Waals surface area contributed by atoms with Crippen molar-refractivity contribution in [2.24, 2.45) is 0 Å². The van der Waals surface area contributed by atoms with Crippen molar-refractivity contribution in [3.8, 4) is 0 Å². The molecule has 1 aromatic rings. The number of carbonyl (C=O) groups is 1. The lowest BCUT2D eigenvalue weighted by Gasteiger charge is -2.34. The molecule has 0 saturated carbocycles. The number of nitrogens with one attached hydrogen (secondary N) is 1. The Morgan fingerprint density at radius 3 is 2.62 bits per heavy atom. The van der Waals surface area contributed by atoms with Gasteiger partial charge in [-0.05, 0) is 31.7 Å². The lowest BCUT2D eigenvalue weighted by Crippen LogP contribution is -2.49. The van der Waals surface area contributed by atoms with Crippen molar-refractivity contribution >= 4 is 11.9 Å². The van der Waals surface area contributed by atoms with Gasteiger partial charge in [0.1, 0.15) is 0 Å². The van der Waals surface area contributed by atoms with Gasteiger partial charge in [-0.2, -0.15) is 0 Å². The number of allylic oxidation sites excluding steroid dienone is 1. The number of carbonyl (C=O) groups excluding carboxylic acids is 1. The quantitative estimate of drug-likeness (QED) is 0.804. The van der Waals surface area contributed by atoms with Gasteiger partial charge in [0.2, 0.25) is 11.9 Å². The van der Waals surface area contributed by atoms with Gasteiger partial charge in [0.05, 0.1) is 0 Å². The summed E-state index contributed by atoms with van der Waals surface area (Å²) in [7, 11) is 0. The van der Waals surface area contributed by atoms with E-state index in [1.54, 1.807) is 12.4 Å². The van der Waals surface area contributed by atoms with E-state index >= 15 is 0 Å². The van der Waals surface area contributed by atoms with Crippen LogP contribution >= 0.6 is 0 Å². The maximum absolute atomic E-state index is 12.0. The first-order valence-electron chi connectivity index (χ1n) is 9.00. The largest absolute Gasteiger partial charge is 0.355 e. The second kappa shape index (κ2) is 8.78. The van der Waals surface area contributed by atoms with Gasteiger partial charge in [0.25, 0.3) is 0 Å². The number of hydrogen-bond donors (Lipinski definition) is 1. The van der Waals surface area contributed by atoms with Gasteiger partial charge in [0.15, 0.2) is 0 Å². The monoisotopic (exact) mass is 329 g/mol. The van der Waals surface area contributed by atoms with Crippen LogP contribution in [0.25, 0.3) is 0 Å². The smallest absolute Gasteiger partial charge is 0.225 e. The van der Waals surface area contributed by atoms with E-state index in [0.717, 1.165) is 58.1 Å². The SMILES string of the molecule is O=C(CC1=CCCCC1)NCCN1CCN(c2ncccn2)CC1. The summed E-state index contributed by atoms with van der Waals surface area (Å²) < 4.78 is 0. The van der Waals surface area contributed by atoms with Crippen LogP contribution in [0.5, 0.6) is 0 Å². The maximum Gasteiger partial charge on any atom is 0.225 e. The van der Waals surface area contributed by atoms with Gasteiger partial charge in [-0.1, -0.05) is 11.6 Å². The van der Waals surface area contributed by atoms with E-state index in [4.69, 9.17) is 0 Å². The summed E-state index contributed by atoms with van der Waals surface area (Å²) in [5.41, 5.74) is 1.32. The second-order valence-corrected chi connectivity index (χ2v) is 6.51. The van der Waals surface area contributed by atoms with Crippen LogP contribution in [-0.2, 0) is 4.79 Å². The Labute approximate surface area is 144 Å². The molecule has 0 radical (unpaired) electrons. The molecule has 0 aromatic carbocycles. The summed E-state index contributed by atoms with van der Waals surface area (Å²) >= 11 is 0. The molecule has 0 bridgehead atoms. The van der Waals surface area contributed by atoms with E-state index < -0.39 is 0 Å². The fourth-order valence-corrected chi connectivity index (χ4v) is 3.31. The molecule has 1 N–H and O–H groups in total. The Bertz CT molecular complexity index is 552. The normalized spacial score (nSPS) is 19.0. The van der Waals surface area contributed by atoms with Crippen molar-refractivity contribution < 1.29 is 4.79 Å². The average molecular weight is 329 g/mol. The first-order chi connectivity index (χ1) is 11.8. The maximum atomic E-state index is 12.0. The molecule has 1 saturated heterocycles. The predicted octanol–water partition coefficient (Wildman–Crippen LogP) is 1.61. The Morgan fingerprint density at radius 1 is 1.12 bits per heavy atom. The standard InChI is InChI=1S/C18H27N5O/c24-17(15-16-5-2-1-3-6-16)19-9-10-22-11-13-23(14-12-22)18-20-7-4-8-21-18/h4-5,7-8H,1-3,6,9-15H2,(H,19,24). The van der Waals surface area contributed by atoms with E-state index in [9.17, 15) is 4.79 Å². The van der Waals surface area contributed by atoms with Gasteiger partial charge in [0, 0.05) is 58.1 Å². The molecular weight excluding hydrogens is 302 g/mol. The van der Waals surface area contributed by atoms with E-state index in [0.29, 0.717) is 6.42 Å². The molecular formula is C18H27N5O. The minimum atomic E-state index is 0.166. The number of aromatic nitrogens is 2.